The number of amides is 3. The maximum Gasteiger partial charge on any atom is 0.246 e. The number of benzene rings is 1. The summed E-state index contributed by atoms with van der Waals surface area (Å²) in [6, 6.07) is 6.23. The average Bonchev–Trinajstić information content (AvgIpc) is 3.40. The Labute approximate surface area is 234 Å². The first-order valence-electron chi connectivity index (χ1n) is 11.8. The highest BCUT2D eigenvalue weighted by Gasteiger charge is 2.44. The van der Waals surface area contributed by atoms with Crippen LogP contribution in [-0.2, 0) is 20.9 Å². The SMILES string of the molecule is Cc1ncsc1-c1ccc(CNC(=O)C2CC(O)CN2C(=O)C(NC(=O)CCN)C(C)(C)C)cc1.Cl.Cl. The quantitative estimate of drug-likeness (QED) is 0.382. The van der Waals surface area contributed by atoms with Gasteiger partial charge < -0.3 is 26.4 Å². The smallest absolute Gasteiger partial charge is 0.246 e. The van der Waals surface area contributed by atoms with E-state index in [-0.39, 0.29) is 68.5 Å². The number of likely N-dealkylation sites (tertiary alicyclic amines) is 1. The van der Waals surface area contributed by atoms with Crippen molar-refractivity contribution in [1.82, 2.24) is 20.5 Å². The number of nitrogens with two attached hydrogens (primary N) is 1. The predicted octanol–water partition coefficient (Wildman–Crippen LogP) is 2.42. The number of aliphatic hydroxyl groups excluding tert-OH is 1. The van der Waals surface area contributed by atoms with Crippen LogP contribution in [0, 0.1) is 12.3 Å². The summed E-state index contributed by atoms with van der Waals surface area (Å²) >= 11 is 1.58. The Morgan fingerprint density at radius 2 is 1.86 bits per heavy atom. The van der Waals surface area contributed by atoms with Gasteiger partial charge in [-0.25, -0.2) is 4.98 Å². The Morgan fingerprint density at radius 1 is 1.22 bits per heavy atom. The third-order valence-corrected chi connectivity index (χ3v) is 7.06. The van der Waals surface area contributed by atoms with E-state index in [0.717, 1.165) is 21.7 Å². The minimum absolute atomic E-state index is 0. The molecule has 206 valence electrons. The van der Waals surface area contributed by atoms with Crippen molar-refractivity contribution in [2.24, 2.45) is 11.1 Å². The van der Waals surface area contributed by atoms with Gasteiger partial charge in [-0.2, -0.15) is 0 Å². The molecular weight excluding hydrogens is 537 g/mol. The van der Waals surface area contributed by atoms with Crippen LogP contribution in [0.25, 0.3) is 10.4 Å². The van der Waals surface area contributed by atoms with Crippen molar-refractivity contribution in [2.75, 3.05) is 13.1 Å². The van der Waals surface area contributed by atoms with Gasteiger partial charge in [0.1, 0.15) is 12.1 Å². The highest BCUT2D eigenvalue weighted by Crippen LogP contribution is 2.28. The monoisotopic (exact) mass is 573 g/mol. The van der Waals surface area contributed by atoms with Gasteiger partial charge in [-0.15, -0.1) is 36.2 Å². The molecule has 2 heterocycles. The molecule has 2 aromatic rings. The van der Waals surface area contributed by atoms with Crippen LogP contribution < -0.4 is 16.4 Å². The summed E-state index contributed by atoms with van der Waals surface area (Å²) in [5.74, 6) is -1.04. The second-order valence-corrected chi connectivity index (χ2v) is 10.8. The molecule has 37 heavy (non-hydrogen) atoms. The zero-order valence-corrected chi connectivity index (χ0v) is 24.0. The minimum Gasteiger partial charge on any atom is -0.391 e. The first-order chi connectivity index (χ1) is 16.5. The van der Waals surface area contributed by atoms with Crippen molar-refractivity contribution >= 4 is 53.9 Å². The Hall–Kier alpha value is -2.24. The molecule has 3 rings (SSSR count). The highest BCUT2D eigenvalue weighted by atomic mass is 35.5. The zero-order valence-electron chi connectivity index (χ0n) is 21.5. The largest absolute Gasteiger partial charge is 0.391 e. The van der Waals surface area contributed by atoms with Gasteiger partial charge in [0.15, 0.2) is 0 Å². The number of β-amino-alcohol motifs (C(OH)–C–C–N with tert-alkyl or cyclic N) is 1. The molecule has 0 saturated carbocycles. The average molecular weight is 575 g/mol. The Balaban J connectivity index is 0.00000342. The van der Waals surface area contributed by atoms with Crippen LogP contribution in [0.5, 0.6) is 0 Å². The van der Waals surface area contributed by atoms with E-state index in [9.17, 15) is 19.5 Å². The van der Waals surface area contributed by atoms with E-state index < -0.39 is 23.6 Å². The van der Waals surface area contributed by atoms with Gasteiger partial charge in [0, 0.05) is 32.5 Å². The van der Waals surface area contributed by atoms with E-state index in [0.29, 0.717) is 6.54 Å². The van der Waals surface area contributed by atoms with Crippen molar-refractivity contribution in [3.05, 3.63) is 41.0 Å². The number of carbonyl (C=O) groups excluding carboxylic acids is 3. The predicted molar refractivity (Wildman–Crippen MR) is 150 cm³/mol. The molecular formula is C25H37Cl2N5O4S. The maximum atomic E-state index is 13.4. The number of carbonyl (C=O) groups is 3. The topological polar surface area (TPSA) is 138 Å². The van der Waals surface area contributed by atoms with Crippen LogP contribution in [0.1, 0.15) is 44.9 Å². The fraction of sp³-hybridized carbons (Fsp3) is 0.520. The summed E-state index contributed by atoms with van der Waals surface area (Å²) in [4.78, 5) is 45.4. The molecule has 5 N–H and O–H groups in total. The Morgan fingerprint density at radius 3 is 2.41 bits per heavy atom. The van der Waals surface area contributed by atoms with Crippen LogP contribution >= 0.6 is 36.2 Å². The lowest BCUT2D eigenvalue weighted by atomic mass is 9.85. The second-order valence-electron chi connectivity index (χ2n) is 9.98. The molecule has 0 spiro atoms. The first kappa shape index (κ1) is 32.8. The van der Waals surface area contributed by atoms with E-state index in [1.807, 2.05) is 57.5 Å². The van der Waals surface area contributed by atoms with E-state index in [1.165, 1.54) is 4.90 Å². The summed E-state index contributed by atoms with van der Waals surface area (Å²) in [6.07, 6.45) is -0.556. The van der Waals surface area contributed by atoms with Crippen LogP contribution in [0.4, 0.5) is 0 Å². The number of aliphatic hydroxyl groups is 1. The van der Waals surface area contributed by atoms with Crippen molar-refractivity contribution in [3.63, 3.8) is 0 Å². The molecule has 0 bridgehead atoms. The van der Waals surface area contributed by atoms with Crippen molar-refractivity contribution in [2.45, 2.75) is 65.3 Å². The lowest BCUT2D eigenvalue weighted by Crippen LogP contribution is -2.57. The van der Waals surface area contributed by atoms with Gasteiger partial charge in [-0.05, 0) is 23.5 Å². The third-order valence-electron chi connectivity index (χ3n) is 6.08. The fourth-order valence-corrected chi connectivity index (χ4v) is 4.96. The molecule has 0 aliphatic carbocycles. The molecule has 3 atom stereocenters. The number of hydrogen-bond acceptors (Lipinski definition) is 7. The third kappa shape index (κ3) is 8.38. The first-order valence-corrected chi connectivity index (χ1v) is 12.6. The van der Waals surface area contributed by atoms with Gasteiger partial charge in [0.25, 0.3) is 0 Å². The van der Waals surface area contributed by atoms with Crippen molar-refractivity contribution in [3.8, 4) is 10.4 Å². The molecule has 3 unspecified atom stereocenters. The maximum absolute atomic E-state index is 13.4. The fourth-order valence-electron chi connectivity index (χ4n) is 4.14. The minimum atomic E-state index is -0.843. The summed E-state index contributed by atoms with van der Waals surface area (Å²) in [5, 5.41) is 15.9. The molecule has 1 fully saturated rings. The van der Waals surface area contributed by atoms with Crippen molar-refractivity contribution in [1.29, 1.82) is 0 Å². The van der Waals surface area contributed by atoms with Gasteiger partial charge in [-0.3, -0.25) is 14.4 Å². The van der Waals surface area contributed by atoms with Crippen LogP contribution in [-0.4, -0.2) is 64.0 Å². The normalized spacial score (nSPS) is 17.8. The molecule has 1 aliphatic heterocycles. The number of hydrogen-bond donors (Lipinski definition) is 4. The van der Waals surface area contributed by atoms with Gasteiger partial charge in [0.2, 0.25) is 17.7 Å². The molecule has 1 aliphatic rings. The lowest BCUT2D eigenvalue weighted by Gasteiger charge is -2.35. The number of aryl methyl sites for hydroxylation is 1. The standard InChI is InChI=1S/C25H35N5O4S.2ClH/c1-15-21(35-14-28-15)17-7-5-16(6-8-17)12-27-23(33)19-11-18(31)13-30(19)24(34)22(25(2,3)4)29-20(32)9-10-26;;/h5-8,14,18-19,22,31H,9-13,26H2,1-4H3,(H,27,33)(H,29,32);2*1H. The number of halogens is 2. The van der Waals surface area contributed by atoms with Crippen LogP contribution in [0.15, 0.2) is 29.8 Å². The van der Waals surface area contributed by atoms with Crippen molar-refractivity contribution < 1.29 is 19.5 Å². The Kier molecular flexibility index (Phi) is 12.5. The summed E-state index contributed by atoms with van der Waals surface area (Å²) < 4.78 is 0. The van der Waals surface area contributed by atoms with E-state index in [1.54, 1.807) is 11.3 Å². The second kappa shape index (κ2) is 14.1. The Bertz CT molecular complexity index is 1060. The van der Waals surface area contributed by atoms with E-state index >= 15 is 0 Å². The molecule has 0 radical (unpaired) electrons. The summed E-state index contributed by atoms with van der Waals surface area (Å²) in [7, 11) is 0. The molecule has 1 aromatic carbocycles. The number of nitrogens with zero attached hydrogens (tertiary/aromatic N) is 2. The number of thiazole rings is 1. The molecule has 3 amide bonds. The van der Waals surface area contributed by atoms with Crippen LogP contribution in [0.3, 0.4) is 0 Å². The van der Waals surface area contributed by atoms with Crippen LogP contribution in [0.2, 0.25) is 0 Å². The zero-order chi connectivity index (χ0) is 25.8. The molecule has 9 nitrogen and oxygen atoms in total. The van der Waals surface area contributed by atoms with Gasteiger partial charge in [-0.1, -0.05) is 45.0 Å². The highest BCUT2D eigenvalue weighted by molar-refractivity contribution is 7.13. The number of aromatic nitrogens is 1. The summed E-state index contributed by atoms with van der Waals surface area (Å²) in [6.45, 7) is 8.02. The van der Waals surface area contributed by atoms with Gasteiger partial charge in [0.05, 0.1) is 22.2 Å². The molecule has 12 heteroatoms. The molecule has 1 aromatic heterocycles. The van der Waals surface area contributed by atoms with E-state index in [2.05, 4.69) is 15.6 Å². The molecule has 1 saturated heterocycles. The number of rotatable bonds is 8. The number of nitrogens with one attached hydrogen (secondary N) is 2. The van der Waals surface area contributed by atoms with E-state index in [4.69, 9.17) is 5.73 Å². The van der Waals surface area contributed by atoms with Gasteiger partial charge >= 0.3 is 0 Å². The lowest BCUT2D eigenvalue weighted by molar-refractivity contribution is -0.144. The summed E-state index contributed by atoms with van der Waals surface area (Å²) in [5.41, 5.74) is 9.66.